The van der Waals surface area contributed by atoms with Gasteiger partial charge in [0.1, 0.15) is 0 Å². The summed E-state index contributed by atoms with van der Waals surface area (Å²) in [6, 6.07) is -1.38. The summed E-state index contributed by atoms with van der Waals surface area (Å²) < 4.78 is 4.66. The first-order chi connectivity index (χ1) is 8.47. The average molecular weight is 259 g/mol. The number of ether oxygens (including phenoxy) is 1. The molecule has 7 nitrogen and oxygen atoms in total. The zero-order valence-corrected chi connectivity index (χ0v) is 11.1. The number of likely N-dealkylation sites (N-methyl/N-ethyl adjacent to an activating group) is 2. The smallest absolute Gasteiger partial charge is 0.332 e. The van der Waals surface area contributed by atoms with Gasteiger partial charge in [-0.15, -0.1) is 0 Å². The minimum absolute atomic E-state index is 0.115. The molecule has 104 valence electrons. The first-order valence-electron chi connectivity index (χ1n) is 5.95. The van der Waals surface area contributed by atoms with Crippen molar-refractivity contribution in [3.8, 4) is 0 Å². The van der Waals surface area contributed by atoms with Gasteiger partial charge in [0.05, 0.1) is 13.2 Å². The van der Waals surface area contributed by atoms with E-state index in [9.17, 15) is 14.4 Å². The van der Waals surface area contributed by atoms with Gasteiger partial charge in [-0.3, -0.25) is 9.59 Å². The second-order valence-corrected chi connectivity index (χ2v) is 3.54. The van der Waals surface area contributed by atoms with Crippen LogP contribution in [0.1, 0.15) is 20.8 Å². The maximum atomic E-state index is 11.9. The molecule has 18 heavy (non-hydrogen) atoms. The van der Waals surface area contributed by atoms with E-state index in [4.69, 9.17) is 5.73 Å². The molecule has 1 unspecified atom stereocenters. The van der Waals surface area contributed by atoms with Gasteiger partial charge in [-0.25, -0.2) is 4.79 Å². The molecule has 0 fully saturated rings. The number of carbonyl (C=O) groups excluding carboxylic acids is 3. The van der Waals surface area contributed by atoms with Crippen molar-refractivity contribution in [3.63, 3.8) is 0 Å². The number of amides is 2. The number of nitrogens with zero attached hydrogens (tertiary/aromatic N) is 1. The minimum atomic E-state index is -1.38. The van der Waals surface area contributed by atoms with E-state index in [1.807, 2.05) is 0 Å². The summed E-state index contributed by atoms with van der Waals surface area (Å²) in [4.78, 5) is 35.8. The van der Waals surface area contributed by atoms with Gasteiger partial charge in [0.2, 0.25) is 5.91 Å². The molecule has 0 bridgehead atoms. The number of nitrogens with two attached hydrogens (primary N) is 1. The summed E-state index contributed by atoms with van der Waals surface area (Å²) in [5.74, 6) is -1.68. The monoisotopic (exact) mass is 259 g/mol. The molecule has 0 aliphatic carbocycles. The highest BCUT2D eigenvalue weighted by Crippen LogP contribution is 1.96. The molecular weight excluding hydrogens is 238 g/mol. The Morgan fingerprint density at radius 2 is 1.89 bits per heavy atom. The summed E-state index contributed by atoms with van der Waals surface area (Å²) in [5.41, 5.74) is 5.48. The van der Waals surface area contributed by atoms with Crippen LogP contribution in [-0.2, 0) is 19.1 Å². The van der Waals surface area contributed by atoms with Crippen LogP contribution in [0.5, 0.6) is 0 Å². The van der Waals surface area contributed by atoms with Crippen molar-refractivity contribution < 1.29 is 19.1 Å². The third kappa shape index (κ3) is 5.13. The fourth-order valence-corrected chi connectivity index (χ4v) is 1.30. The predicted molar refractivity (Wildman–Crippen MR) is 65.5 cm³/mol. The summed E-state index contributed by atoms with van der Waals surface area (Å²) in [7, 11) is 0. The normalized spacial score (nSPS) is 11.6. The quantitative estimate of drug-likeness (QED) is 0.444. The van der Waals surface area contributed by atoms with Crippen LogP contribution in [0.25, 0.3) is 0 Å². The van der Waals surface area contributed by atoms with Gasteiger partial charge >= 0.3 is 5.97 Å². The number of hydrogen-bond donors (Lipinski definition) is 2. The van der Waals surface area contributed by atoms with E-state index in [1.165, 1.54) is 4.90 Å². The topological polar surface area (TPSA) is 102 Å². The fourth-order valence-electron chi connectivity index (χ4n) is 1.30. The standard InChI is InChI=1S/C11H21N3O4/c1-4-13-8(15)7-14(5-2)10(16)9(12)11(17)18-6-3/h9H,4-7,12H2,1-3H3,(H,13,15). The molecule has 0 radical (unpaired) electrons. The third-order valence-electron chi connectivity index (χ3n) is 2.21. The molecular formula is C11H21N3O4. The van der Waals surface area contributed by atoms with E-state index in [-0.39, 0.29) is 19.1 Å². The second-order valence-electron chi connectivity index (χ2n) is 3.54. The molecule has 7 heteroatoms. The lowest BCUT2D eigenvalue weighted by atomic mass is 10.2. The molecule has 0 heterocycles. The first-order valence-corrected chi connectivity index (χ1v) is 5.95. The lowest BCUT2D eigenvalue weighted by Gasteiger charge is -2.22. The number of esters is 1. The largest absolute Gasteiger partial charge is 0.464 e. The molecule has 0 rings (SSSR count). The predicted octanol–water partition coefficient (Wildman–Crippen LogP) is -1.14. The summed E-state index contributed by atoms with van der Waals surface area (Å²) in [5, 5.41) is 2.57. The summed E-state index contributed by atoms with van der Waals surface area (Å²) >= 11 is 0. The molecule has 0 spiro atoms. The Kier molecular flexibility index (Phi) is 7.69. The number of rotatable bonds is 7. The lowest BCUT2D eigenvalue weighted by molar-refractivity contribution is -0.151. The van der Waals surface area contributed by atoms with Crippen molar-refractivity contribution in [2.24, 2.45) is 5.73 Å². The average Bonchev–Trinajstić information content (AvgIpc) is 2.34. The molecule has 0 aliphatic rings. The molecule has 1 atom stereocenters. The van der Waals surface area contributed by atoms with E-state index < -0.39 is 17.9 Å². The maximum Gasteiger partial charge on any atom is 0.332 e. The maximum absolute atomic E-state index is 11.9. The van der Waals surface area contributed by atoms with Gasteiger partial charge in [0, 0.05) is 13.1 Å². The van der Waals surface area contributed by atoms with Gasteiger partial charge < -0.3 is 20.7 Å². The number of nitrogens with one attached hydrogen (secondary N) is 1. The second kappa shape index (κ2) is 8.46. The van der Waals surface area contributed by atoms with Gasteiger partial charge in [-0.1, -0.05) is 0 Å². The van der Waals surface area contributed by atoms with Gasteiger partial charge in [-0.2, -0.15) is 0 Å². The van der Waals surface area contributed by atoms with Crippen LogP contribution in [0, 0.1) is 0 Å². The number of hydrogen-bond acceptors (Lipinski definition) is 5. The van der Waals surface area contributed by atoms with E-state index in [2.05, 4.69) is 10.1 Å². The van der Waals surface area contributed by atoms with Crippen molar-refractivity contribution >= 4 is 17.8 Å². The van der Waals surface area contributed by atoms with Crippen molar-refractivity contribution in [2.45, 2.75) is 26.8 Å². The SMILES string of the molecule is CCNC(=O)CN(CC)C(=O)C(N)C(=O)OCC. The van der Waals surface area contributed by atoms with Gasteiger partial charge in [0.15, 0.2) is 6.04 Å². The Bertz CT molecular complexity index is 307. The van der Waals surface area contributed by atoms with Crippen LogP contribution in [0.3, 0.4) is 0 Å². The molecule has 0 aromatic rings. The van der Waals surface area contributed by atoms with Gasteiger partial charge in [0.25, 0.3) is 5.91 Å². The van der Waals surface area contributed by atoms with E-state index in [1.54, 1.807) is 20.8 Å². The van der Waals surface area contributed by atoms with Crippen LogP contribution in [-0.4, -0.2) is 55.0 Å². The zero-order valence-electron chi connectivity index (χ0n) is 11.1. The van der Waals surface area contributed by atoms with Crippen LogP contribution >= 0.6 is 0 Å². The van der Waals surface area contributed by atoms with Crippen LogP contribution in [0.2, 0.25) is 0 Å². The van der Waals surface area contributed by atoms with Crippen molar-refractivity contribution in [1.29, 1.82) is 0 Å². The highest BCUT2D eigenvalue weighted by molar-refractivity contribution is 6.02. The zero-order chi connectivity index (χ0) is 14.1. The Morgan fingerprint density at radius 1 is 1.28 bits per heavy atom. The summed E-state index contributed by atoms with van der Waals surface area (Å²) in [6.45, 7) is 5.92. The van der Waals surface area contributed by atoms with E-state index in [0.29, 0.717) is 13.1 Å². The van der Waals surface area contributed by atoms with Crippen molar-refractivity contribution in [1.82, 2.24) is 10.2 Å². The Balaban J connectivity index is 4.50. The fraction of sp³-hybridized carbons (Fsp3) is 0.727. The Hall–Kier alpha value is -1.63. The molecule has 0 saturated heterocycles. The molecule has 0 saturated carbocycles. The Labute approximate surface area is 107 Å². The molecule has 0 aromatic carbocycles. The van der Waals surface area contributed by atoms with Gasteiger partial charge in [-0.05, 0) is 20.8 Å². The Morgan fingerprint density at radius 3 is 2.33 bits per heavy atom. The van der Waals surface area contributed by atoms with Crippen molar-refractivity contribution in [3.05, 3.63) is 0 Å². The first kappa shape index (κ1) is 16.4. The van der Waals surface area contributed by atoms with Crippen LogP contribution < -0.4 is 11.1 Å². The van der Waals surface area contributed by atoms with E-state index >= 15 is 0 Å². The minimum Gasteiger partial charge on any atom is -0.464 e. The summed E-state index contributed by atoms with van der Waals surface area (Å²) in [6.07, 6.45) is 0. The molecule has 0 aliphatic heterocycles. The number of carbonyl (C=O) groups is 3. The van der Waals surface area contributed by atoms with Crippen molar-refractivity contribution in [2.75, 3.05) is 26.2 Å². The molecule has 0 aromatic heterocycles. The van der Waals surface area contributed by atoms with E-state index in [0.717, 1.165) is 0 Å². The highest BCUT2D eigenvalue weighted by atomic mass is 16.5. The van der Waals surface area contributed by atoms with Crippen LogP contribution in [0.15, 0.2) is 0 Å². The lowest BCUT2D eigenvalue weighted by Crippen LogP contribution is -2.51. The molecule has 3 N–H and O–H groups in total. The van der Waals surface area contributed by atoms with Crippen LogP contribution in [0.4, 0.5) is 0 Å². The molecule has 2 amide bonds. The highest BCUT2D eigenvalue weighted by Gasteiger charge is 2.28. The third-order valence-corrected chi connectivity index (χ3v) is 2.21.